The Balaban J connectivity index is 2.82. The van der Waals surface area contributed by atoms with Crippen LogP contribution in [0.1, 0.15) is 10.4 Å². The van der Waals surface area contributed by atoms with Gasteiger partial charge in [-0.2, -0.15) is 5.26 Å². The van der Waals surface area contributed by atoms with Gasteiger partial charge < -0.3 is 10.2 Å². The number of rotatable bonds is 3. The van der Waals surface area contributed by atoms with E-state index in [9.17, 15) is 4.79 Å². The molecule has 0 unspecified atom stereocenters. The highest BCUT2D eigenvalue weighted by Gasteiger charge is 2.08. The quantitative estimate of drug-likeness (QED) is 0.448. The molecule has 0 aliphatic carbocycles. The molecule has 0 aliphatic rings. The van der Waals surface area contributed by atoms with Crippen LogP contribution in [-0.2, 0) is 0 Å². The third-order valence-corrected chi connectivity index (χ3v) is 2.10. The first kappa shape index (κ1) is 10.4. The number of Topliss-reactive ketones (excluding diaryl/α,β-unsaturated/α-hetero) is 1. The highest BCUT2D eigenvalue weighted by atomic mass is 32.2. The van der Waals surface area contributed by atoms with Gasteiger partial charge in [-0.1, -0.05) is 0 Å². The van der Waals surface area contributed by atoms with Gasteiger partial charge in [-0.15, -0.1) is 0 Å². The van der Waals surface area contributed by atoms with E-state index in [0.29, 0.717) is 0 Å². The number of benzene rings is 1. The van der Waals surface area contributed by atoms with E-state index in [1.54, 1.807) is 5.40 Å². The van der Waals surface area contributed by atoms with Crippen molar-refractivity contribution in [1.29, 1.82) is 5.26 Å². The lowest BCUT2D eigenvalue weighted by Crippen LogP contribution is -2.01. The second-order valence-corrected chi connectivity index (χ2v) is 3.27. The number of hydrogen-bond acceptors (Lipinski definition) is 5. The average molecular weight is 209 g/mol. The summed E-state index contributed by atoms with van der Waals surface area (Å²) in [4.78, 5) is 11.3. The van der Waals surface area contributed by atoms with Crippen molar-refractivity contribution < 1.29 is 15.0 Å². The van der Waals surface area contributed by atoms with Crippen LogP contribution in [-0.4, -0.2) is 21.7 Å². The minimum Gasteiger partial charge on any atom is -0.504 e. The van der Waals surface area contributed by atoms with E-state index in [1.165, 1.54) is 18.2 Å². The van der Waals surface area contributed by atoms with Crippen LogP contribution in [0.3, 0.4) is 0 Å². The molecular formula is C9H7NO3S. The minimum absolute atomic E-state index is 0.0424. The Labute approximate surface area is 84.8 Å². The largest absolute Gasteiger partial charge is 0.504 e. The van der Waals surface area contributed by atoms with E-state index < -0.39 is 0 Å². The number of thiocyanates is 1. The van der Waals surface area contributed by atoms with Gasteiger partial charge in [0.1, 0.15) is 5.40 Å². The monoisotopic (exact) mass is 209 g/mol. The van der Waals surface area contributed by atoms with Gasteiger partial charge in [0.05, 0.1) is 5.75 Å². The molecule has 1 aromatic carbocycles. The summed E-state index contributed by atoms with van der Waals surface area (Å²) in [7, 11) is 0. The lowest BCUT2D eigenvalue weighted by molar-refractivity contribution is 0.102. The van der Waals surface area contributed by atoms with E-state index >= 15 is 0 Å². The van der Waals surface area contributed by atoms with E-state index in [4.69, 9.17) is 15.5 Å². The first-order valence-electron chi connectivity index (χ1n) is 3.71. The topological polar surface area (TPSA) is 81.3 Å². The van der Waals surface area contributed by atoms with Crippen molar-refractivity contribution in [3.05, 3.63) is 23.8 Å². The molecule has 1 rings (SSSR count). The van der Waals surface area contributed by atoms with E-state index in [1.807, 2.05) is 0 Å². The second-order valence-electron chi connectivity index (χ2n) is 2.51. The molecule has 0 radical (unpaired) electrons. The summed E-state index contributed by atoms with van der Waals surface area (Å²) in [5.74, 6) is -0.820. The SMILES string of the molecule is N#CSCC(=O)c1ccc(O)c(O)c1. The summed E-state index contributed by atoms with van der Waals surface area (Å²) >= 11 is 0.833. The van der Waals surface area contributed by atoms with Crippen LogP contribution < -0.4 is 0 Å². The first-order chi connectivity index (χ1) is 6.65. The lowest BCUT2D eigenvalue weighted by Gasteiger charge is -2.00. The molecule has 4 nitrogen and oxygen atoms in total. The zero-order chi connectivity index (χ0) is 10.6. The Kier molecular flexibility index (Phi) is 3.37. The maximum absolute atomic E-state index is 11.3. The lowest BCUT2D eigenvalue weighted by atomic mass is 10.1. The molecule has 0 fully saturated rings. The number of nitrogens with zero attached hydrogens (tertiary/aromatic N) is 1. The normalized spacial score (nSPS) is 9.36. The van der Waals surface area contributed by atoms with Crippen molar-refractivity contribution in [2.24, 2.45) is 0 Å². The van der Waals surface area contributed by atoms with Crippen molar-refractivity contribution in [2.75, 3.05) is 5.75 Å². The average Bonchev–Trinajstić information content (AvgIpc) is 2.18. The van der Waals surface area contributed by atoms with Crippen LogP contribution in [0.25, 0.3) is 0 Å². The number of ketones is 1. The third-order valence-electron chi connectivity index (χ3n) is 1.57. The van der Waals surface area contributed by atoms with Crippen LogP contribution in [0.2, 0.25) is 0 Å². The fourth-order valence-corrected chi connectivity index (χ4v) is 1.24. The predicted octanol–water partition coefficient (Wildman–Crippen LogP) is 1.49. The van der Waals surface area contributed by atoms with Crippen molar-refractivity contribution >= 4 is 17.5 Å². The minimum atomic E-state index is -0.335. The molecule has 0 saturated heterocycles. The smallest absolute Gasteiger partial charge is 0.173 e. The van der Waals surface area contributed by atoms with E-state index in [0.717, 1.165) is 11.8 Å². The highest BCUT2D eigenvalue weighted by molar-refractivity contribution is 8.04. The van der Waals surface area contributed by atoms with Gasteiger partial charge in [0, 0.05) is 5.56 Å². The molecule has 14 heavy (non-hydrogen) atoms. The highest BCUT2D eigenvalue weighted by Crippen LogP contribution is 2.25. The zero-order valence-electron chi connectivity index (χ0n) is 7.10. The molecule has 1 aromatic rings. The fourth-order valence-electron chi connectivity index (χ4n) is 0.878. The summed E-state index contributed by atoms with van der Waals surface area (Å²) in [6.45, 7) is 0. The molecule has 0 atom stereocenters. The Bertz CT molecular complexity index is 398. The maximum Gasteiger partial charge on any atom is 0.173 e. The molecule has 0 spiro atoms. The number of nitriles is 1. The van der Waals surface area contributed by atoms with E-state index in [-0.39, 0.29) is 28.6 Å². The molecule has 0 heterocycles. The van der Waals surface area contributed by atoms with Gasteiger partial charge in [-0.05, 0) is 30.0 Å². The molecule has 5 heteroatoms. The van der Waals surface area contributed by atoms with Gasteiger partial charge in [-0.3, -0.25) is 4.79 Å². The zero-order valence-corrected chi connectivity index (χ0v) is 7.91. The summed E-state index contributed by atoms with van der Waals surface area (Å²) in [5, 5.41) is 28.1. The Morgan fingerprint density at radius 3 is 2.71 bits per heavy atom. The molecular weight excluding hydrogens is 202 g/mol. The molecule has 0 amide bonds. The molecule has 0 aliphatic heterocycles. The summed E-state index contributed by atoms with van der Waals surface area (Å²) < 4.78 is 0. The number of thioether (sulfide) groups is 1. The molecule has 0 saturated carbocycles. The summed E-state index contributed by atoms with van der Waals surface area (Å²) in [6, 6.07) is 3.81. The van der Waals surface area contributed by atoms with Crippen LogP contribution in [0.5, 0.6) is 11.5 Å². The predicted molar refractivity (Wildman–Crippen MR) is 52.2 cm³/mol. The fraction of sp³-hybridized carbons (Fsp3) is 0.111. The van der Waals surface area contributed by atoms with Gasteiger partial charge in [0.25, 0.3) is 0 Å². The number of aromatic hydroxyl groups is 2. The third kappa shape index (κ3) is 2.41. The second kappa shape index (κ2) is 4.53. The van der Waals surface area contributed by atoms with Gasteiger partial charge in [-0.25, -0.2) is 0 Å². The number of carbonyl (C=O) groups is 1. The Morgan fingerprint density at radius 2 is 2.14 bits per heavy atom. The summed E-state index contributed by atoms with van der Waals surface area (Å²) in [5.41, 5.74) is 0.281. The van der Waals surface area contributed by atoms with Gasteiger partial charge in [0.2, 0.25) is 0 Å². The van der Waals surface area contributed by atoms with Crippen molar-refractivity contribution in [2.45, 2.75) is 0 Å². The van der Waals surface area contributed by atoms with Gasteiger partial charge >= 0.3 is 0 Å². The van der Waals surface area contributed by atoms with Crippen molar-refractivity contribution in [1.82, 2.24) is 0 Å². The molecule has 2 N–H and O–H groups in total. The first-order valence-corrected chi connectivity index (χ1v) is 4.69. The van der Waals surface area contributed by atoms with Crippen LogP contribution in [0, 0.1) is 10.7 Å². The maximum atomic E-state index is 11.3. The Morgan fingerprint density at radius 1 is 1.43 bits per heavy atom. The molecule has 0 aromatic heterocycles. The number of phenols is 2. The number of hydrogen-bond donors (Lipinski definition) is 2. The number of phenolic OH excluding ortho intramolecular Hbond substituents is 2. The summed E-state index contributed by atoms with van der Waals surface area (Å²) in [6.07, 6.45) is 0. The number of carbonyl (C=O) groups excluding carboxylic acids is 1. The van der Waals surface area contributed by atoms with Crippen LogP contribution in [0.4, 0.5) is 0 Å². The standard InChI is InChI=1S/C9H7NO3S/c10-5-14-4-9(13)6-1-2-7(11)8(12)3-6/h1-3,11-12H,4H2. The van der Waals surface area contributed by atoms with Crippen molar-refractivity contribution in [3.63, 3.8) is 0 Å². The van der Waals surface area contributed by atoms with Crippen molar-refractivity contribution in [3.8, 4) is 16.9 Å². The van der Waals surface area contributed by atoms with Crippen LogP contribution >= 0.6 is 11.8 Å². The van der Waals surface area contributed by atoms with Gasteiger partial charge in [0.15, 0.2) is 17.3 Å². The van der Waals surface area contributed by atoms with E-state index in [2.05, 4.69) is 0 Å². The molecule has 0 bridgehead atoms. The van der Waals surface area contributed by atoms with Crippen LogP contribution in [0.15, 0.2) is 18.2 Å². The Hall–Kier alpha value is -1.67. The molecule has 72 valence electrons.